The normalized spacial score (nSPS) is 17.0. The maximum absolute atomic E-state index is 12.5. The first-order valence-corrected chi connectivity index (χ1v) is 8.28. The number of carbonyl (C=O) groups is 1. The van der Waals surface area contributed by atoms with E-state index in [1.54, 1.807) is 7.05 Å². The Hall–Kier alpha value is -1.84. The van der Waals surface area contributed by atoms with Gasteiger partial charge in [0.1, 0.15) is 5.01 Å². The van der Waals surface area contributed by atoms with Crippen LogP contribution in [0.1, 0.15) is 23.5 Å². The average molecular weight is 364 g/mol. The van der Waals surface area contributed by atoms with Gasteiger partial charge in [-0.2, -0.15) is 13.2 Å². The van der Waals surface area contributed by atoms with Gasteiger partial charge in [-0.15, -0.1) is 11.3 Å². The molecule has 1 aliphatic heterocycles. The minimum absolute atomic E-state index is 0.113. The van der Waals surface area contributed by atoms with Crippen LogP contribution in [0.5, 0.6) is 0 Å². The Morgan fingerprint density at radius 2 is 2.17 bits per heavy atom. The number of halogens is 3. The molecule has 2 heterocycles. The molecule has 1 N–H and O–H groups in total. The fraction of sp³-hybridized carbons (Fsp3) is 0.643. The summed E-state index contributed by atoms with van der Waals surface area (Å²) in [6.07, 6.45) is -3.11. The van der Waals surface area contributed by atoms with E-state index in [2.05, 4.69) is 15.3 Å². The second-order valence-corrected chi connectivity index (χ2v) is 6.25. The van der Waals surface area contributed by atoms with Gasteiger partial charge >= 0.3 is 12.1 Å². The lowest BCUT2D eigenvalue weighted by Crippen LogP contribution is -2.46. The quantitative estimate of drug-likeness (QED) is 0.506. The number of likely N-dealkylation sites (tertiary alicyclic amines) is 1. The number of guanidine groups is 1. The minimum Gasteiger partial charge on any atom is -0.469 e. The molecule has 134 valence electrons. The van der Waals surface area contributed by atoms with Crippen molar-refractivity contribution in [3.05, 3.63) is 16.1 Å². The number of nitrogens with one attached hydrogen (secondary N) is 1. The topological polar surface area (TPSA) is 66.8 Å². The van der Waals surface area contributed by atoms with Crippen LogP contribution in [0.15, 0.2) is 10.4 Å². The molecule has 0 spiro atoms. The number of aromatic nitrogens is 1. The molecule has 0 saturated carbocycles. The highest BCUT2D eigenvalue weighted by Crippen LogP contribution is 2.30. The van der Waals surface area contributed by atoms with Crippen molar-refractivity contribution in [2.24, 2.45) is 10.9 Å². The third-order valence-electron chi connectivity index (χ3n) is 3.78. The summed E-state index contributed by atoms with van der Waals surface area (Å²) in [7, 11) is 2.98. The molecule has 0 bridgehead atoms. The molecule has 0 aliphatic carbocycles. The smallest absolute Gasteiger partial charge is 0.434 e. The second kappa shape index (κ2) is 7.82. The third-order valence-corrected chi connectivity index (χ3v) is 4.63. The van der Waals surface area contributed by atoms with Crippen molar-refractivity contribution in [3.63, 3.8) is 0 Å². The number of ether oxygens (including phenoxy) is 1. The Morgan fingerprint density at radius 3 is 2.67 bits per heavy atom. The number of nitrogens with zero attached hydrogens (tertiary/aromatic N) is 3. The molecule has 1 aromatic heterocycles. The van der Waals surface area contributed by atoms with Crippen LogP contribution < -0.4 is 5.32 Å². The molecule has 0 amide bonds. The van der Waals surface area contributed by atoms with E-state index in [0.717, 1.165) is 16.7 Å². The summed E-state index contributed by atoms with van der Waals surface area (Å²) < 4.78 is 42.4. The maximum atomic E-state index is 12.5. The summed E-state index contributed by atoms with van der Waals surface area (Å²) in [5, 5.41) is 4.36. The van der Waals surface area contributed by atoms with E-state index in [-0.39, 0.29) is 18.4 Å². The lowest BCUT2D eigenvalue weighted by atomic mass is 9.97. The van der Waals surface area contributed by atoms with Crippen LogP contribution in [-0.2, 0) is 22.3 Å². The van der Waals surface area contributed by atoms with Gasteiger partial charge in [0.05, 0.1) is 19.6 Å². The number of thiazole rings is 1. The van der Waals surface area contributed by atoms with Gasteiger partial charge in [0.25, 0.3) is 0 Å². The van der Waals surface area contributed by atoms with Crippen LogP contribution in [0, 0.1) is 5.92 Å². The van der Waals surface area contributed by atoms with E-state index in [1.807, 2.05) is 4.90 Å². The molecule has 0 aromatic carbocycles. The van der Waals surface area contributed by atoms with Gasteiger partial charge in [-0.3, -0.25) is 9.79 Å². The van der Waals surface area contributed by atoms with Crippen molar-refractivity contribution in [3.8, 4) is 0 Å². The van der Waals surface area contributed by atoms with Crippen molar-refractivity contribution >= 4 is 23.3 Å². The fourth-order valence-electron chi connectivity index (χ4n) is 2.50. The van der Waals surface area contributed by atoms with Gasteiger partial charge in [-0.1, -0.05) is 0 Å². The first-order chi connectivity index (χ1) is 11.3. The number of methoxy groups -OCH3 is 1. The standard InChI is InChI=1S/C14H19F3N4O2S/c1-18-13(21-5-3-9(4-6-21)12(22)23-2)19-7-11-20-10(8-24-11)14(15,16)17/h8-9H,3-7H2,1-2H3,(H,18,19). The van der Waals surface area contributed by atoms with Gasteiger partial charge in [0.2, 0.25) is 0 Å². The third kappa shape index (κ3) is 4.59. The summed E-state index contributed by atoms with van der Waals surface area (Å²) in [5.74, 6) is 0.264. The number of aliphatic imine (C=N–C) groups is 1. The highest BCUT2D eigenvalue weighted by atomic mass is 32.1. The zero-order chi connectivity index (χ0) is 17.7. The fourth-order valence-corrected chi connectivity index (χ4v) is 3.24. The molecule has 24 heavy (non-hydrogen) atoms. The monoisotopic (exact) mass is 364 g/mol. The zero-order valence-corrected chi connectivity index (χ0v) is 14.2. The largest absolute Gasteiger partial charge is 0.469 e. The van der Waals surface area contributed by atoms with Crippen LogP contribution >= 0.6 is 11.3 Å². The molecule has 1 aromatic rings. The van der Waals surface area contributed by atoms with E-state index in [1.165, 1.54) is 7.11 Å². The molecule has 1 aliphatic rings. The first-order valence-electron chi connectivity index (χ1n) is 7.40. The second-order valence-electron chi connectivity index (χ2n) is 5.31. The van der Waals surface area contributed by atoms with Gasteiger partial charge < -0.3 is 15.0 Å². The molecule has 0 radical (unpaired) electrons. The molecule has 1 fully saturated rings. The van der Waals surface area contributed by atoms with Crippen LogP contribution in [0.25, 0.3) is 0 Å². The Morgan fingerprint density at radius 1 is 1.50 bits per heavy atom. The van der Waals surface area contributed by atoms with E-state index in [0.29, 0.717) is 36.9 Å². The number of hydrogen-bond acceptors (Lipinski definition) is 5. The van der Waals surface area contributed by atoms with E-state index < -0.39 is 11.9 Å². The predicted octanol–water partition coefficient (Wildman–Crippen LogP) is 2.12. The lowest BCUT2D eigenvalue weighted by Gasteiger charge is -2.33. The molecule has 0 unspecified atom stereocenters. The molecule has 0 atom stereocenters. The Balaban J connectivity index is 1.87. The summed E-state index contributed by atoms with van der Waals surface area (Å²) >= 11 is 0.955. The van der Waals surface area contributed by atoms with Crippen molar-refractivity contribution in [2.45, 2.75) is 25.6 Å². The van der Waals surface area contributed by atoms with Crippen LogP contribution in [0.3, 0.4) is 0 Å². The van der Waals surface area contributed by atoms with Crippen molar-refractivity contribution in [1.82, 2.24) is 15.2 Å². The Kier molecular flexibility index (Phi) is 6.03. The summed E-state index contributed by atoms with van der Waals surface area (Å²) in [4.78, 5) is 21.2. The lowest BCUT2D eigenvalue weighted by molar-refractivity contribution is -0.146. The molecule has 10 heteroatoms. The average Bonchev–Trinajstić information content (AvgIpc) is 3.04. The van der Waals surface area contributed by atoms with Crippen LogP contribution in [0.4, 0.5) is 13.2 Å². The number of piperidine rings is 1. The van der Waals surface area contributed by atoms with Crippen LogP contribution in [-0.4, -0.2) is 49.1 Å². The molecule has 2 rings (SSSR count). The van der Waals surface area contributed by atoms with E-state index in [9.17, 15) is 18.0 Å². The first kappa shape index (κ1) is 18.5. The molecular formula is C14H19F3N4O2S. The van der Waals surface area contributed by atoms with E-state index >= 15 is 0 Å². The van der Waals surface area contributed by atoms with Gasteiger partial charge in [-0.05, 0) is 12.8 Å². The Bertz CT molecular complexity index is 595. The highest BCUT2D eigenvalue weighted by molar-refractivity contribution is 7.09. The van der Waals surface area contributed by atoms with Gasteiger partial charge in [0.15, 0.2) is 11.7 Å². The summed E-state index contributed by atoms with van der Waals surface area (Å²) in [6.45, 7) is 1.43. The van der Waals surface area contributed by atoms with Crippen LogP contribution in [0.2, 0.25) is 0 Å². The zero-order valence-electron chi connectivity index (χ0n) is 13.4. The van der Waals surface area contributed by atoms with Gasteiger partial charge in [-0.25, -0.2) is 4.98 Å². The Labute approximate surface area is 141 Å². The number of hydrogen-bond donors (Lipinski definition) is 1. The van der Waals surface area contributed by atoms with Gasteiger partial charge in [0, 0.05) is 25.5 Å². The molecular weight excluding hydrogens is 345 g/mol. The predicted molar refractivity (Wildman–Crippen MR) is 83.6 cm³/mol. The number of esters is 1. The van der Waals surface area contributed by atoms with E-state index in [4.69, 9.17) is 4.74 Å². The number of rotatable bonds is 3. The minimum atomic E-state index is -4.42. The maximum Gasteiger partial charge on any atom is 0.434 e. The van der Waals surface area contributed by atoms with Crippen molar-refractivity contribution in [2.75, 3.05) is 27.2 Å². The SMILES string of the molecule is CN=C(NCc1nc(C(F)(F)F)cs1)N1CCC(C(=O)OC)CC1. The molecule has 6 nitrogen and oxygen atoms in total. The van der Waals surface area contributed by atoms with Crippen molar-refractivity contribution in [1.29, 1.82) is 0 Å². The highest BCUT2D eigenvalue weighted by Gasteiger charge is 2.33. The summed E-state index contributed by atoms with van der Waals surface area (Å²) in [5.41, 5.74) is -0.877. The summed E-state index contributed by atoms with van der Waals surface area (Å²) in [6, 6.07) is 0. The van der Waals surface area contributed by atoms with Crippen molar-refractivity contribution < 1.29 is 22.7 Å². The molecule has 1 saturated heterocycles. The number of carbonyl (C=O) groups excluding carboxylic acids is 1. The number of alkyl halides is 3.